The molecule has 1 aromatic carbocycles. The summed E-state index contributed by atoms with van der Waals surface area (Å²) in [6, 6.07) is 3.36. The van der Waals surface area contributed by atoms with Crippen LogP contribution in [0.15, 0.2) is 18.5 Å². The number of carbonyl (C=O) groups is 1. The quantitative estimate of drug-likeness (QED) is 0.558. The SMILES string of the molecule is CCNC(=O)[C@H]1CCc2[nH]c3ncnc(Nc4cc(Cl)c(Cl)cc4OC)c3c2C1. The van der Waals surface area contributed by atoms with E-state index >= 15 is 0 Å². The van der Waals surface area contributed by atoms with E-state index in [-0.39, 0.29) is 11.8 Å². The van der Waals surface area contributed by atoms with Gasteiger partial charge in [-0.1, -0.05) is 23.2 Å². The Morgan fingerprint density at radius 1 is 1.31 bits per heavy atom. The molecule has 9 heteroatoms. The second-order valence-corrected chi connectivity index (χ2v) is 7.77. The van der Waals surface area contributed by atoms with Gasteiger partial charge < -0.3 is 20.4 Å². The standard InChI is InChI=1S/C20H21Cl2N5O2/c1-3-23-20(28)10-4-5-14-11(6-10)17-18(26-14)24-9-25-19(17)27-15-7-12(21)13(22)8-16(15)29-2/h7-10H,3-6H2,1-2H3,(H,23,28)(H2,24,25,26,27)/t10-/m0/s1. The topological polar surface area (TPSA) is 91.9 Å². The van der Waals surface area contributed by atoms with E-state index in [2.05, 4.69) is 25.6 Å². The van der Waals surface area contributed by atoms with E-state index in [0.29, 0.717) is 40.3 Å². The highest BCUT2D eigenvalue weighted by molar-refractivity contribution is 6.42. The number of ether oxygens (including phenoxy) is 1. The van der Waals surface area contributed by atoms with Crippen LogP contribution >= 0.6 is 23.2 Å². The number of nitrogens with zero attached hydrogens (tertiary/aromatic N) is 2. The van der Waals surface area contributed by atoms with Crippen molar-refractivity contribution in [2.45, 2.75) is 26.2 Å². The van der Waals surface area contributed by atoms with Crippen molar-refractivity contribution in [3.8, 4) is 5.75 Å². The average molecular weight is 434 g/mol. The number of hydrogen-bond acceptors (Lipinski definition) is 5. The maximum atomic E-state index is 12.4. The summed E-state index contributed by atoms with van der Waals surface area (Å²) in [5.41, 5.74) is 3.56. The zero-order valence-electron chi connectivity index (χ0n) is 16.1. The Labute approximate surface area is 178 Å². The highest BCUT2D eigenvalue weighted by Crippen LogP contribution is 2.39. The molecule has 0 radical (unpaired) electrons. The molecule has 152 valence electrons. The Morgan fingerprint density at radius 3 is 2.86 bits per heavy atom. The number of nitrogens with one attached hydrogen (secondary N) is 3. The summed E-state index contributed by atoms with van der Waals surface area (Å²) in [7, 11) is 1.56. The first-order valence-corrected chi connectivity index (χ1v) is 10.2. The zero-order chi connectivity index (χ0) is 20.5. The molecular formula is C20H21Cl2N5O2. The van der Waals surface area contributed by atoms with Gasteiger partial charge in [-0.2, -0.15) is 0 Å². The van der Waals surface area contributed by atoms with Crippen molar-refractivity contribution in [2.75, 3.05) is 19.0 Å². The van der Waals surface area contributed by atoms with E-state index in [0.717, 1.165) is 35.1 Å². The van der Waals surface area contributed by atoms with Gasteiger partial charge >= 0.3 is 0 Å². The first-order chi connectivity index (χ1) is 14.0. The third-order valence-electron chi connectivity index (χ3n) is 5.19. The summed E-state index contributed by atoms with van der Waals surface area (Å²) < 4.78 is 5.43. The van der Waals surface area contributed by atoms with Crippen LogP contribution < -0.4 is 15.4 Å². The van der Waals surface area contributed by atoms with Gasteiger partial charge in [-0.05, 0) is 37.8 Å². The number of aromatic amines is 1. The van der Waals surface area contributed by atoms with Crippen molar-refractivity contribution < 1.29 is 9.53 Å². The number of hydrogen-bond donors (Lipinski definition) is 3. The van der Waals surface area contributed by atoms with Crippen LogP contribution in [-0.2, 0) is 17.6 Å². The predicted octanol–water partition coefficient (Wildman–Crippen LogP) is 4.26. The molecule has 2 heterocycles. The molecule has 4 rings (SSSR count). The van der Waals surface area contributed by atoms with Crippen LogP contribution in [0.25, 0.3) is 11.0 Å². The van der Waals surface area contributed by atoms with Gasteiger partial charge in [-0.3, -0.25) is 4.79 Å². The number of rotatable bonds is 5. The van der Waals surface area contributed by atoms with Gasteiger partial charge in [-0.15, -0.1) is 0 Å². The van der Waals surface area contributed by atoms with E-state index in [1.807, 2.05) is 6.92 Å². The van der Waals surface area contributed by atoms with Crippen molar-refractivity contribution in [1.29, 1.82) is 0 Å². The van der Waals surface area contributed by atoms with Crippen LogP contribution in [0, 0.1) is 5.92 Å². The third kappa shape index (κ3) is 3.72. The fourth-order valence-corrected chi connectivity index (χ4v) is 4.12. The molecule has 3 N–H and O–H groups in total. The minimum absolute atomic E-state index is 0.0611. The van der Waals surface area contributed by atoms with E-state index in [9.17, 15) is 4.79 Å². The normalized spacial score (nSPS) is 15.8. The fourth-order valence-electron chi connectivity index (χ4n) is 3.80. The van der Waals surface area contributed by atoms with Gasteiger partial charge in [0, 0.05) is 24.2 Å². The minimum Gasteiger partial charge on any atom is -0.495 e. The highest BCUT2D eigenvalue weighted by Gasteiger charge is 2.29. The second kappa shape index (κ2) is 8.08. The first-order valence-electron chi connectivity index (χ1n) is 9.44. The van der Waals surface area contributed by atoms with E-state index in [1.165, 1.54) is 6.33 Å². The Balaban J connectivity index is 1.75. The number of anilines is 2. The fraction of sp³-hybridized carbons (Fsp3) is 0.350. The summed E-state index contributed by atoms with van der Waals surface area (Å²) in [5, 5.41) is 7.93. The first kappa shape index (κ1) is 19.8. The number of aryl methyl sites for hydroxylation is 1. The van der Waals surface area contributed by atoms with Gasteiger partial charge in [-0.25, -0.2) is 9.97 Å². The Hall–Kier alpha value is -2.51. The van der Waals surface area contributed by atoms with Crippen molar-refractivity contribution in [1.82, 2.24) is 20.3 Å². The minimum atomic E-state index is -0.0611. The molecule has 29 heavy (non-hydrogen) atoms. The molecule has 0 saturated carbocycles. The lowest BCUT2D eigenvalue weighted by Gasteiger charge is -2.22. The number of carbonyl (C=O) groups excluding carboxylic acids is 1. The maximum absolute atomic E-state index is 12.4. The van der Waals surface area contributed by atoms with Crippen molar-refractivity contribution >= 4 is 51.6 Å². The number of methoxy groups -OCH3 is 1. The molecule has 7 nitrogen and oxygen atoms in total. The largest absolute Gasteiger partial charge is 0.495 e. The molecule has 2 aromatic heterocycles. The summed E-state index contributed by atoms with van der Waals surface area (Å²) in [6.45, 7) is 2.56. The van der Waals surface area contributed by atoms with Gasteiger partial charge in [0.25, 0.3) is 0 Å². The molecule has 1 aliphatic carbocycles. The second-order valence-electron chi connectivity index (χ2n) is 6.95. The zero-order valence-corrected chi connectivity index (χ0v) is 17.6. The van der Waals surface area contributed by atoms with Gasteiger partial charge in [0.2, 0.25) is 5.91 Å². The van der Waals surface area contributed by atoms with Gasteiger partial charge in [0.05, 0.1) is 28.2 Å². The van der Waals surface area contributed by atoms with Crippen LogP contribution in [0.2, 0.25) is 10.0 Å². The lowest BCUT2D eigenvalue weighted by atomic mass is 9.86. The van der Waals surface area contributed by atoms with Crippen LogP contribution in [0.4, 0.5) is 11.5 Å². The van der Waals surface area contributed by atoms with Crippen LogP contribution in [0.3, 0.4) is 0 Å². The summed E-state index contributed by atoms with van der Waals surface area (Å²) in [5.74, 6) is 1.20. The number of amides is 1. The molecule has 0 spiro atoms. The summed E-state index contributed by atoms with van der Waals surface area (Å²) >= 11 is 12.3. The Morgan fingerprint density at radius 2 is 2.10 bits per heavy atom. The molecule has 1 amide bonds. The molecule has 1 atom stereocenters. The van der Waals surface area contributed by atoms with Crippen LogP contribution in [0.5, 0.6) is 5.75 Å². The molecule has 0 bridgehead atoms. The van der Waals surface area contributed by atoms with Crippen molar-refractivity contribution in [2.24, 2.45) is 5.92 Å². The molecule has 0 saturated heterocycles. The van der Waals surface area contributed by atoms with Crippen molar-refractivity contribution in [3.05, 3.63) is 39.8 Å². The lowest BCUT2D eigenvalue weighted by Crippen LogP contribution is -2.33. The molecular weight excluding hydrogens is 413 g/mol. The van der Waals surface area contributed by atoms with Gasteiger partial charge in [0.1, 0.15) is 23.5 Å². The number of halogens is 2. The average Bonchev–Trinajstić information content (AvgIpc) is 3.09. The number of benzene rings is 1. The van der Waals surface area contributed by atoms with Crippen LogP contribution in [-0.4, -0.2) is 34.5 Å². The Bertz CT molecular complexity index is 1080. The highest BCUT2D eigenvalue weighted by atomic mass is 35.5. The maximum Gasteiger partial charge on any atom is 0.223 e. The third-order valence-corrected chi connectivity index (χ3v) is 5.92. The molecule has 0 aliphatic heterocycles. The van der Waals surface area contributed by atoms with Crippen molar-refractivity contribution in [3.63, 3.8) is 0 Å². The molecule has 1 aliphatic rings. The lowest BCUT2D eigenvalue weighted by molar-refractivity contribution is -0.125. The molecule has 0 fully saturated rings. The van der Waals surface area contributed by atoms with E-state index in [1.54, 1.807) is 19.2 Å². The van der Waals surface area contributed by atoms with Gasteiger partial charge in [0.15, 0.2) is 0 Å². The smallest absolute Gasteiger partial charge is 0.223 e. The summed E-state index contributed by atoms with van der Waals surface area (Å²) in [6.07, 6.45) is 3.74. The Kier molecular flexibility index (Phi) is 5.52. The monoisotopic (exact) mass is 433 g/mol. The number of H-pyrrole nitrogens is 1. The van der Waals surface area contributed by atoms with Crippen LogP contribution in [0.1, 0.15) is 24.6 Å². The summed E-state index contributed by atoms with van der Waals surface area (Å²) in [4.78, 5) is 24.6. The number of fused-ring (bicyclic) bond motifs is 3. The number of aromatic nitrogens is 3. The predicted molar refractivity (Wildman–Crippen MR) is 114 cm³/mol. The molecule has 0 unspecified atom stereocenters. The molecule has 3 aromatic rings. The van der Waals surface area contributed by atoms with E-state index in [4.69, 9.17) is 27.9 Å². The van der Waals surface area contributed by atoms with E-state index < -0.39 is 0 Å².